The van der Waals surface area contributed by atoms with Crippen LogP contribution in [0.3, 0.4) is 0 Å². The number of carbonyl (C=O) groups is 2. The molecule has 0 aromatic carbocycles. The minimum atomic E-state index is -1.58. The molecule has 0 amide bonds. The van der Waals surface area contributed by atoms with E-state index in [1.165, 1.54) is 18.2 Å². The van der Waals surface area contributed by atoms with Crippen LogP contribution in [0.2, 0.25) is 0 Å². The van der Waals surface area contributed by atoms with Crippen LogP contribution in [-0.4, -0.2) is 27.7 Å². The highest BCUT2D eigenvalue weighted by Gasteiger charge is 2.49. The molecule has 5 nitrogen and oxygen atoms in total. The second-order valence-corrected chi connectivity index (χ2v) is 3.81. The van der Waals surface area contributed by atoms with Crippen molar-refractivity contribution in [2.24, 2.45) is 11.1 Å². The van der Waals surface area contributed by atoms with Gasteiger partial charge in [-0.1, -0.05) is 18.2 Å². The van der Waals surface area contributed by atoms with Crippen LogP contribution >= 0.6 is 0 Å². The Hall–Kier alpha value is -1.62. The Morgan fingerprint density at radius 3 is 2.33 bits per heavy atom. The van der Waals surface area contributed by atoms with Gasteiger partial charge in [0.2, 0.25) is 0 Å². The summed E-state index contributed by atoms with van der Waals surface area (Å²) in [4.78, 5) is 21.9. The highest BCUT2D eigenvalue weighted by molar-refractivity contribution is 5.87. The van der Waals surface area contributed by atoms with Crippen LogP contribution in [0.1, 0.15) is 12.8 Å². The van der Waals surface area contributed by atoms with E-state index in [9.17, 15) is 9.59 Å². The van der Waals surface area contributed by atoms with Crippen molar-refractivity contribution < 1.29 is 19.8 Å². The minimum absolute atomic E-state index is 0.142. The lowest BCUT2D eigenvalue weighted by Crippen LogP contribution is -2.47. The van der Waals surface area contributed by atoms with Crippen molar-refractivity contribution in [1.29, 1.82) is 0 Å². The van der Waals surface area contributed by atoms with Crippen molar-refractivity contribution in [3.63, 3.8) is 0 Å². The van der Waals surface area contributed by atoms with Crippen LogP contribution < -0.4 is 5.73 Å². The molecule has 82 valence electrons. The summed E-state index contributed by atoms with van der Waals surface area (Å²) >= 11 is 0. The SMILES string of the molecule is C=CC[C@@]1(C(=O)O)C=C[C@](N)(C(=O)O)C1. The number of allylic oxidation sites excluding steroid dienone is 1. The van der Waals surface area contributed by atoms with Crippen LogP contribution in [0.4, 0.5) is 0 Å². The van der Waals surface area contributed by atoms with E-state index < -0.39 is 22.9 Å². The standard InChI is InChI=1S/C10H13NO4/c1-2-3-9(7(12)13)4-5-10(11,6-9)8(14)15/h2,4-5H,1,3,6,11H2,(H,12,13)(H,14,15)/t9-,10-/m1/s1. The average Bonchev–Trinajstić information content (AvgIpc) is 2.47. The number of aliphatic carboxylic acids is 2. The van der Waals surface area contributed by atoms with Gasteiger partial charge in [-0.3, -0.25) is 4.79 Å². The van der Waals surface area contributed by atoms with Crippen molar-refractivity contribution in [3.05, 3.63) is 24.8 Å². The fraction of sp³-hybridized carbons (Fsp3) is 0.400. The monoisotopic (exact) mass is 211 g/mol. The molecule has 0 saturated heterocycles. The van der Waals surface area contributed by atoms with Gasteiger partial charge in [-0.25, -0.2) is 4.79 Å². The molecular weight excluding hydrogens is 198 g/mol. The topological polar surface area (TPSA) is 101 Å². The Balaban J connectivity index is 3.02. The summed E-state index contributed by atoms with van der Waals surface area (Å²) in [7, 11) is 0. The Morgan fingerprint density at radius 1 is 1.40 bits per heavy atom. The summed E-state index contributed by atoms with van der Waals surface area (Å²) in [6, 6.07) is 0. The van der Waals surface area contributed by atoms with Gasteiger partial charge in [-0.2, -0.15) is 0 Å². The van der Waals surface area contributed by atoms with Gasteiger partial charge in [0, 0.05) is 0 Å². The molecule has 15 heavy (non-hydrogen) atoms. The predicted molar refractivity (Wildman–Crippen MR) is 53.2 cm³/mol. The molecule has 0 aliphatic heterocycles. The maximum absolute atomic E-state index is 11.1. The third kappa shape index (κ3) is 1.78. The summed E-state index contributed by atoms with van der Waals surface area (Å²) in [6.07, 6.45) is 4.08. The number of nitrogens with two attached hydrogens (primary N) is 1. The van der Waals surface area contributed by atoms with E-state index in [0.717, 1.165) is 0 Å². The van der Waals surface area contributed by atoms with E-state index in [1.54, 1.807) is 0 Å². The van der Waals surface area contributed by atoms with Crippen molar-refractivity contribution in [3.8, 4) is 0 Å². The zero-order valence-electron chi connectivity index (χ0n) is 8.14. The van der Waals surface area contributed by atoms with E-state index in [1.807, 2.05) is 0 Å². The third-order valence-electron chi connectivity index (χ3n) is 2.64. The van der Waals surface area contributed by atoms with E-state index in [0.29, 0.717) is 0 Å². The highest BCUT2D eigenvalue weighted by Crippen LogP contribution is 2.40. The predicted octanol–water partition coefficient (Wildman–Crippen LogP) is 0.376. The maximum Gasteiger partial charge on any atom is 0.327 e. The molecule has 2 atom stereocenters. The lowest BCUT2D eigenvalue weighted by atomic mass is 9.80. The van der Waals surface area contributed by atoms with Crippen molar-refractivity contribution in [2.75, 3.05) is 0 Å². The maximum atomic E-state index is 11.1. The fourth-order valence-corrected chi connectivity index (χ4v) is 1.73. The van der Waals surface area contributed by atoms with Gasteiger partial charge < -0.3 is 15.9 Å². The van der Waals surface area contributed by atoms with Crippen LogP contribution in [0.15, 0.2) is 24.8 Å². The van der Waals surface area contributed by atoms with Gasteiger partial charge >= 0.3 is 11.9 Å². The second kappa shape index (κ2) is 3.51. The lowest BCUT2D eigenvalue weighted by Gasteiger charge is -2.25. The molecular formula is C10H13NO4. The first-order chi connectivity index (χ1) is 6.86. The molecule has 0 unspecified atom stereocenters. The van der Waals surface area contributed by atoms with E-state index in [4.69, 9.17) is 15.9 Å². The normalized spacial score (nSPS) is 33.9. The smallest absolute Gasteiger partial charge is 0.327 e. The average molecular weight is 211 g/mol. The summed E-state index contributed by atoms with van der Waals surface area (Å²) in [5.74, 6) is -2.29. The molecule has 0 aromatic rings. The molecule has 0 bridgehead atoms. The van der Waals surface area contributed by atoms with Crippen molar-refractivity contribution >= 4 is 11.9 Å². The van der Waals surface area contributed by atoms with Gasteiger partial charge in [0.1, 0.15) is 5.54 Å². The van der Waals surface area contributed by atoms with Crippen LogP contribution in [0, 0.1) is 5.41 Å². The summed E-state index contributed by atoms with van der Waals surface area (Å²) in [5.41, 5.74) is 2.75. The van der Waals surface area contributed by atoms with Crippen LogP contribution in [-0.2, 0) is 9.59 Å². The van der Waals surface area contributed by atoms with Gasteiger partial charge in [0.25, 0.3) is 0 Å². The molecule has 4 N–H and O–H groups in total. The number of carboxylic acid groups (broad SMARTS) is 2. The Bertz CT molecular complexity index is 349. The largest absolute Gasteiger partial charge is 0.481 e. The summed E-state index contributed by atoms with van der Waals surface area (Å²) in [5, 5.41) is 17.9. The number of hydrogen-bond donors (Lipinski definition) is 3. The zero-order chi connectivity index (χ0) is 11.7. The molecule has 1 aliphatic carbocycles. The van der Waals surface area contributed by atoms with E-state index in [-0.39, 0.29) is 12.8 Å². The Morgan fingerprint density at radius 2 is 2.00 bits per heavy atom. The number of carboxylic acids is 2. The molecule has 0 spiro atoms. The minimum Gasteiger partial charge on any atom is -0.481 e. The molecule has 1 aliphatic rings. The Kier molecular flexibility index (Phi) is 2.68. The van der Waals surface area contributed by atoms with Crippen LogP contribution in [0.25, 0.3) is 0 Å². The second-order valence-electron chi connectivity index (χ2n) is 3.81. The molecule has 0 fully saturated rings. The molecule has 0 aromatic heterocycles. The number of rotatable bonds is 4. The molecule has 0 radical (unpaired) electrons. The first-order valence-electron chi connectivity index (χ1n) is 4.43. The van der Waals surface area contributed by atoms with Crippen molar-refractivity contribution in [2.45, 2.75) is 18.4 Å². The molecule has 0 saturated carbocycles. The Labute approximate surface area is 86.9 Å². The number of hydrogen-bond acceptors (Lipinski definition) is 3. The fourth-order valence-electron chi connectivity index (χ4n) is 1.73. The summed E-state index contributed by atoms with van der Waals surface area (Å²) in [6.45, 7) is 3.46. The summed E-state index contributed by atoms with van der Waals surface area (Å²) < 4.78 is 0. The van der Waals surface area contributed by atoms with Gasteiger partial charge in [0.05, 0.1) is 5.41 Å². The lowest BCUT2D eigenvalue weighted by molar-refractivity contribution is -0.148. The molecule has 0 heterocycles. The highest BCUT2D eigenvalue weighted by atomic mass is 16.4. The van der Waals surface area contributed by atoms with E-state index >= 15 is 0 Å². The zero-order valence-corrected chi connectivity index (χ0v) is 8.14. The third-order valence-corrected chi connectivity index (χ3v) is 2.64. The molecule has 1 rings (SSSR count). The first-order valence-corrected chi connectivity index (χ1v) is 4.43. The van der Waals surface area contributed by atoms with E-state index in [2.05, 4.69) is 6.58 Å². The van der Waals surface area contributed by atoms with Gasteiger partial charge in [-0.05, 0) is 12.8 Å². The molecule has 5 heteroatoms. The quantitative estimate of drug-likeness (QED) is 0.583. The van der Waals surface area contributed by atoms with Crippen molar-refractivity contribution in [1.82, 2.24) is 0 Å². The van der Waals surface area contributed by atoms with Crippen LogP contribution in [0.5, 0.6) is 0 Å². The van der Waals surface area contributed by atoms with Gasteiger partial charge in [-0.15, -0.1) is 6.58 Å². The first kappa shape index (κ1) is 11.5. The van der Waals surface area contributed by atoms with Gasteiger partial charge in [0.15, 0.2) is 0 Å².